The molecule has 3 nitrogen and oxygen atoms in total. The zero-order valence-corrected chi connectivity index (χ0v) is 23.3. The van der Waals surface area contributed by atoms with E-state index >= 15 is 0 Å². The zero-order valence-electron chi connectivity index (χ0n) is 23.3. The van der Waals surface area contributed by atoms with Crippen LogP contribution < -0.4 is 5.46 Å². The molecular formula is C35H34BNO2. The first-order chi connectivity index (χ1) is 18.8. The second-order valence-electron chi connectivity index (χ2n) is 12.8. The van der Waals surface area contributed by atoms with Gasteiger partial charge in [0.25, 0.3) is 0 Å². The molecule has 3 aliphatic rings. The van der Waals surface area contributed by atoms with Crippen molar-refractivity contribution in [2.75, 3.05) is 0 Å². The summed E-state index contributed by atoms with van der Waals surface area (Å²) in [5.41, 5.74) is 9.95. The molecule has 0 unspecified atom stereocenters. The second kappa shape index (κ2) is 7.87. The van der Waals surface area contributed by atoms with Crippen molar-refractivity contribution >= 4 is 34.4 Å². The Kier molecular flexibility index (Phi) is 4.75. The highest BCUT2D eigenvalue weighted by Crippen LogP contribution is 2.59. The van der Waals surface area contributed by atoms with E-state index in [1.807, 2.05) is 0 Å². The van der Waals surface area contributed by atoms with Gasteiger partial charge in [-0.05, 0) is 80.9 Å². The normalized spacial score (nSPS) is 20.3. The first kappa shape index (κ1) is 23.5. The first-order valence-corrected chi connectivity index (χ1v) is 14.4. The minimum Gasteiger partial charge on any atom is -0.399 e. The van der Waals surface area contributed by atoms with Crippen molar-refractivity contribution in [3.8, 4) is 16.8 Å². The van der Waals surface area contributed by atoms with E-state index < -0.39 is 0 Å². The third-order valence-electron chi connectivity index (χ3n) is 10.2. The van der Waals surface area contributed by atoms with E-state index in [0.29, 0.717) is 0 Å². The minimum atomic E-state index is -0.372. The fraction of sp³-hybridized carbons (Fsp3) is 0.314. The van der Waals surface area contributed by atoms with Gasteiger partial charge >= 0.3 is 7.12 Å². The van der Waals surface area contributed by atoms with E-state index in [0.717, 1.165) is 5.46 Å². The molecule has 1 aliphatic heterocycles. The maximum Gasteiger partial charge on any atom is 0.494 e. The predicted octanol–water partition coefficient (Wildman–Crippen LogP) is 7.92. The monoisotopic (exact) mass is 511 g/mol. The molecule has 4 aromatic carbocycles. The molecule has 0 radical (unpaired) electrons. The average Bonchev–Trinajstić information content (AvgIpc) is 3.67. The van der Waals surface area contributed by atoms with Crippen LogP contribution in [0.2, 0.25) is 0 Å². The molecule has 2 aliphatic carbocycles. The minimum absolute atomic E-state index is 0.0886. The molecule has 0 atom stereocenters. The van der Waals surface area contributed by atoms with Crippen molar-refractivity contribution < 1.29 is 9.31 Å². The first-order valence-electron chi connectivity index (χ1n) is 14.4. The summed E-state index contributed by atoms with van der Waals surface area (Å²) in [5, 5.41) is 2.62. The quantitative estimate of drug-likeness (QED) is 0.225. The zero-order chi connectivity index (χ0) is 26.6. The smallest absolute Gasteiger partial charge is 0.399 e. The van der Waals surface area contributed by atoms with Crippen LogP contribution >= 0.6 is 0 Å². The topological polar surface area (TPSA) is 23.4 Å². The Labute approximate surface area is 230 Å². The van der Waals surface area contributed by atoms with Crippen LogP contribution in [0.5, 0.6) is 0 Å². The van der Waals surface area contributed by atoms with Crippen LogP contribution in [0.1, 0.15) is 64.5 Å². The number of rotatable bonds is 2. The number of hydrogen-bond acceptors (Lipinski definition) is 2. The molecule has 194 valence electrons. The summed E-state index contributed by atoms with van der Waals surface area (Å²) in [6, 6.07) is 31.6. The maximum absolute atomic E-state index is 6.52. The Bertz CT molecular complexity index is 1760. The summed E-state index contributed by atoms with van der Waals surface area (Å²) < 4.78 is 15.5. The Morgan fingerprint density at radius 3 is 2.10 bits per heavy atom. The van der Waals surface area contributed by atoms with Crippen molar-refractivity contribution in [2.24, 2.45) is 0 Å². The molecule has 4 heteroatoms. The molecule has 1 spiro atoms. The Morgan fingerprint density at radius 2 is 1.36 bits per heavy atom. The maximum atomic E-state index is 6.52. The molecule has 0 amide bonds. The highest BCUT2D eigenvalue weighted by Gasteiger charge is 2.52. The molecule has 39 heavy (non-hydrogen) atoms. The molecule has 0 N–H and O–H groups in total. The van der Waals surface area contributed by atoms with Gasteiger partial charge < -0.3 is 13.9 Å². The van der Waals surface area contributed by atoms with Crippen molar-refractivity contribution in [3.63, 3.8) is 0 Å². The lowest BCUT2D eigenvalue weighted by Gasteiger charge is -2.32. The third-order valence-corrected chi connectivity index (χ3v) is 10.2. The number of benzene rings is 4. The highest BCUT2D eigenvalue weighted by molar-refractivity contribution is 6.62. The molecular weight excluding hydrogens is 477 g/mol. The van der Waals surface area contributed by atoms with E-state index in [4.69, 9.17) is 9.31 Å². The summed E-state index contributed by atoms with van der Waals surface area (Å²) in [6.45, 7) is 8.52. The lowest BCUT2D eigenvalue weighted by Crippen LogP contribution is -2.41. The Hall–Kier alpha value is -3.34. The SMILES string of the molecule is CC1(C)OB(c2ccc3c(c2)-c2c(ccc4c5ccccc5n(-c5ccccc5)c24)C32CCCC2)OC1(C)C. The van der Waals surface area contributed by atoms with Crippen LogP contribution in [0.3, 0.4) is 0 Å². The molecule has 5 aromatic rings. The average molecular weight is 511 g/mol. The number of aromatic nitrogens is 1. The summed E-state index contributed by atoms with van der Waals surface area (Å²) >= 11 is 0. The molecule has 1 saturated carbocycles. The number of fused-ring (bicyclic) bond motifs is 9. The summed E-state index contributed by atoms with van der Waals surface area (Å²) in [6.07, 6.45) is 4.97. The molecule has 1 saturated heterocycles. The van der Waals surface area contributed by atoms with Crippen LogP contribution in [0.15, 0.2) is 84.9 Å². The van der Waals surface area contributed by atoms with Gasteiger partial charge in [0.2, 0.25) is 0 Å². The second-order valence-corrected chi connectivity index (χ2v) is 12.8. The number of nitrogens with zero attached hydrogens (tertiary/aromatic N) is 1. The van der Waals surface area contributed by atoms with Crippen molar-refractivity contribution in [1.82, 2.24) is 4.57 Å². The summed E-state index contributed by atoms with van der Waals surface area (Å²) in [5.74, 6) is 0. The Balaban J connectivity index is 1.45. The van der Waals surface area contributed by atoms with E-state index in [-0.39, 0.29) is 23.7 Å². The fourth-order valence-electron chi connectivity index (χ4n) is 7.55. The van der Waals surface area contributed by atoms with E-state index in [1.54, 1.807) is 0 Å². The van der Waals surface area contributed by atoms with Crippen LogP contribution in [0, 0.1) is 0 Å². The predicted molar refractivity (Wildman–Crippen MR) is 161 cm³/mol. The summed E-state index contributed by atoms with van der Waals surface area (Å²) in [7, 11) is -0.372. The van der Waals surface area contributed by atoms with Gasteiger partial charge in [0.05, 0.1) is 22.2 Å². The lowest BCUT2D eigenvalue weighted by molar-refractivity contribution is 0.00578. The summed E-state index contributed by atoms with van der Waals surface area (Å²) in [4.78, 5) is 0. The van der Waals surface area contributed by atoms with Gasteiger partial charge in [-0.25, -0.2) is 0 Å². The van der Waals surface area contributed by atoms with Crippen molar-refractivity contribution in [1.29, 1.82) is 0 Å². The van der Waals surface area contributed by atoms with E-state index in [1.165, 1.54) is 75.4 Å². The van der Waals surface area contributed by atoms with Gasteiger partial charge in [0.1, 0.15) is 0 Å². The van der Waals surface area contributed by atoms with Gasteiger partial charge in [0, 0.05) is 27.4 Å². The molecule has 2 heterocycles. The van der Waals surface area contributed by atoms with Gasteiger partial charge in [-0.1, -0.05) is 79.6 Å². The van der Waals surface area contributed by atoms with Crippen LogP contribution in [-0.4, -0.2) is 22.9 Å². The van der Waals surface area contributed by atoms with Gasteiger partial charge in [-0.15, -0.1) is 0 Å². The van der Waals surface area contributed by atoms with Crippen LogP contribution in [-0.2, 0) is 14.7 Å². The van der Waals surface area contributed by atoms with Gasteiger partial charge in [-0.2, -0.15) is 0 Å². The largest absolute Gasteiger partial charge is 0.494 e. The van der Waals surface area contributed by atoms with E-state index in [2.05, 4.69) is 117 Å². The molecule has 1 aromatic heterocycles. The van der Waals surface area contributed by atoms with Crippen LogP contribution in [0.25, 0.3) is 38.6 Å². The molecule has 0 bridgehead atoms. The molecule has 8 rings (SSSR count). The lowest BCUT2D eigenvalue weighted by atomic mass is 9.74. The van der Waals surface area contributed by atoms with Crippen molar-refractivity contribution in [2.45, 2.75) is 70.0 Å². The molecule has 2 fully saturated rings. The Morgan fingerprint density at radius 1 is 0.692 bits per heavy atom. The number of hydrogen-bond donors (Lipinski definition) is 0. The van der Waals surface area contributed by atoms with Crippen molar-refractivity contribution in [3.05, 3.63) is 96.1 Å². The van der Waals surface area contributed by atoms with Gasteiger partial charge in [-0.3, -0.25) is 0 Å². The highest BCUT2D eigenvalue weighted by atomic mass is 16.7. The van der Waals surface area contributed by atoms with Crippen LogP contribution in [0.4, 0.5) is 0 Å². The fourth-order valence-corrected chi connectivity index (χ4v) is 7.55. The standard InChI is InChI=1S/C35H34BNO2/c1-33(2)34(3,4)39-36(38-33)23-16-18-28-27(22-23)31-29(35(28)20-10-11-21-35)19-17-26-25-14-8-9-15-30(25)37(32(26)31)24-12-6-5-7-13-24/h5-9,12-19,22H,10-11,20-21H2,1-4H3. The van der Waals surface area contributed by atoms with Gasteiger partial charge in [0.15, 0.2) is 0 Å². The van der Waals surface area contributed by atoms with E-state index in [9.17, 15) is 0 Å². The third kappa shape index (κ3) is 3.08. The number of para-hydroxylation sites is 2.